The molecule has 0 atom stereocenters. The Labute approximate surface area is 179 Å². The molecule has 0 fully saturated rings. The maximum absolute atomic E-state index is 13.7. The number of benzene rings is 3. The molecule has 1 aliphatic rings. The van der Waals surface area contributed by atoms with Crippen molar-refractivity contribution < 1.29 is 14.0 Å². The van der Waals surface area contributed by atoms with E-state index >= 15 is 0 Å². The highest BCUT2D eigenvalue weighted by atomic mass is 19.1. The van der Waals surface area contributed by atoms with Crippen LogP contribution in [-0.2, 0) is 9.59 Å². The fraction of sp³-hybridized carbons (Fsp3) is 0.0833. The molecule has 6 nitrogen and oxygen atoms in total. The van der Waals surface area contributed by atoms with Gasteiger partial charge in [0, 0.05) is 24.0 Å². The van der Waals surface area contributed by atoms with Gasteiger partial charge in [-0.15, -0.1) is 0 Å². The fourth-order valence-corrected chi connectivity index (χ4v) is 3.47. The van der Waals surface area contributed by atoms with Gasteiger partial charge in [0.05, 0.1) is 23.5 Å². The SMILES string of the molecule is CN(C(=O)CN)c1ccc(N/C(=C2\C(=O)Nc3cc(F)ccc32)c2ccccc2)cc1. The highest BCUT2D eigenvalue weighted by molar-refractivity contribution is 6.37. The summed E-state index contributed by atoms with van der Waals surface area (Å²) in [5.74, 6) is -0.919. The van der Waals surface area contributed by atoms with Gasteiger partial charge in [0.2, 0.25) is 5.91 Å². The van der Waals surface area contributed by atoms with Crippen LogP contribution in [0.1, 0.15) is 11.1 Å². The first-order valence-electron chi connectivity index (χ1n) is 9.72. The van der Waals surface area contributed by atoms with Crippen molar-refractivity contribution in [3.63, 3.8) is 0 Å². The zero-order valence-electron chi connectivity index (χ0n) is 16.9. The Kier molecular flexibility index (Phi) is 5.51. The largest absolute Gasteiger partial charge is 0.354 e. The zero-order chi connectivity index (χ0) is 22.0. The third kappa shape index (κ3) is 4.04. The molecule has 2 amide bonds. The third-order valence-electron chi connectivity index (χ3n) is 5.11. The van der Waals surface area contributed by atoms with Gasteiger partial charge in [0.25, 0.3) is 5.91 Å². The summed E-state index contributed by atoms with van der Waals surface area (Å²) in [7, 11) is 1.66. The lowest BCUT2D eigenvalue weighted by molar-refractivity contribution is -0.117. The number of amides is 2. The van der Waals surface area contributed by atoms with E-state index in [4.69, 9.17) is 5.73 Å². The number of fused-ring (bicyclic) bond motifs is 1. The Morgan fingerprint density at radius 3 is 2.45 bits per heavy atom. The molecule has 0 saturated carbocycles. The highest BCUT2D eigenvalue weighted by Crippen LogP contribution is 2.38. The molecule has 7 heteroatoms. The first-order chi connectivity index (χ1) is 15.0. The molecule has 0 radical (unpaired) electrons. The van der Waals surface area contributed by atoms with Gasteiger partial charge in [-0.05, 0) is 48.0 Å². The fourth-order valence-electron chi connectivity index (χ4n) is 3.47. The average molecular weight is 416 g/mol. The van der Waals surface area contributed by atoms with E-state index in [0.717, 1.165) is 11.3 Å². The predicted octanol–water partition coefficient (Wildman–Crippen LogP) is 3.68. The molecule has 0 unspecified atom stereocenters. The van der Waals surface area contributed by atoms with Crippen molar-refractivity contribution in [2.24, 2.45) is 5.73 Å². The number of nitrogens with zero attached hydrogens (tertiary/aromatic N) is 1. The summed E-state index contributed by atoms with van der Waals surface area (Å²) in [6, 6.07) is 20.9. The van der Waals surface area contributed by atoms with Crippen molar-refractivity contribution in [2.75, 3.05) is 29.1 Å². The number of hydrogen-bond acceptors (Lipinski definition) is 4. The molecule has 31 heavy (non-hydrogen) atoms. The molecule has 4 rings (SSSR count). The smallest absolute Gasteiger partial charge is 0.258 e. The zero-order valence-corrected chi connectivity index (χ0v) is 16.9. The summed E-state index contributed by atoms with van der Waals surface area (Å²) < 4.78 is 13.7. The van der Waals surface area contributed by atoms with E-state index in [1.54, 1.807) is 25.2 Å². The van der Waals surface area contributed by atoms with E-state index in [-0.39, 0.29) is 18.4 Å². The first-order valence-corrected chi connectivity index (χ1v) is 9.72. The maximum atomic E-state index is 13.7. The van der Waals surface area contributed by atoms with Crippen molar-refractivity contribution in [1.82, 2.24) is 0 Å². The topological polar surface area (TPSA) is 87.5 Å². The first kappa shape index (κ1) is 20.3. The molecular weight excluding hydrogens is 395 g/mol. The standard InChI is InChI=1S/C24H21FN4O2/c1-29(21(30)14-26)18-10-8-17(9-11-18)27-23(15-5-3-2-4-6-15)22-19-12-7-16(25)13-20(19)28-24(22)31/h2-13,27H,14,26H2,1H3,(H,28,31)/b23-22-. The Hall–Kier alpha value is -3.97. The van der Waals surface area contributed by atoms with E-state index in [1.165, 1.54) is 17.0 Å². The number of hydrogen-bond donors (Lipinski definition) is 3. The number of anilines is 3. The number of halogens is 1. The highest BCUT2D eigenvalue weighted by Gasteiger charge is 2.28. The molecule has 0 bridgehead atoms. The van der Waals surface area contributed by atoms with E-state index in [2.05, 4.69) is 10.6 Å². The lowest BCUT2D eigenvalue weighted by atomic mass is 10.00. The summed E-state index contributed by atoms with van der Waals surface area (Å²) in [5.41, 5.74) is 9.77. The van der Waals surface area contributed by atoms with Crippen LogP contribution in [0.15, 0.2) is 72.8 Å². The van der Waals surface area contributed by atoms with Crippen molar-refractivity contribution >= 4 is 40.1 Å². The van der Waals surface area contributed by atoms with Gasteiger partial charge >= 0.3 is 0 Å². The quantitative estimate of drug-likeness (QED) is 0.554. The van der Waals surface area contributed by atoms with Crippen LogP contribution >= 0.6 is 0 Å². The van der Waals surface area contributed by atoms with Gasteiger partial charge < -0.3 is 21.3 Å². The Morgan fingerprint density at radius 1 is 1.06 bits per heavy atom. The number of nitrogens with one attached hydrogen (secondary N) is 2. The second-order valence-corrected chi connectivity index (χ2v) is 7.09. The normalized spacial score (nSPS) is 14.0. The molecule has 1 aliphatic heterocycles. The number of likely N-dealkylation sites (N-methyl/N-ethyl adjacent to an activating group) is 1. The summed E-state index contributed by atoms with van der Waals surface area (Å²) in [6.45, 7) is -0.0735. The van der Waals surface area contributed by atoms with Crippen molar-refractivity contribution in [3.05, 3.63) is 89.7 Å². The lowest BCUT2D eigenvalue weighted by Gasteiger charge is -2.18. The second kappa shape index (κ2) is 8.41. The van der Waals surface area contributed by atoms with Crippen LogP contribution in [0.4, 0.5) is 21.5 Å². The molecule has 1 heterocycles. The molecule has 0 aliphatic carbocycles. The van der Waals surface area contributed by atoms with Gasteiger partial charge in [0.15, 0.2) is 0 Å². The van der Waals surface area contributed by atoms with Crippen LogP contribution in [0.3, 0.4) is 0 Å². The minimum Gasteiger partial charge on any atom is -0.354 e. The minimum atomic E-state index is -0.416. The van der Waals surface area contributed by atoms with Crippen LogP contribution < -0.4 is 21.3 Å². The Bertz CT molecular complexity index is 1170. The molecular formula is C24H21FN4O2. The molecule has 3 aromatic rings. The molecule has 0 aromatic heterocycles. The minimum absolute atomic E-state index is 0.0735. The summed E-state index contributed by atoms with van der Waals surface area (Å²) >= 11 is 0. The van der Waals surface area contributed by atoms with Crippen LogP contribution in [0.25, 0.3) is 11.3 Å². The summed E-state index contributed by atoms with van der Waals surface area (Å²) in [4.78, 5) is 26.1. The van der Waals surface area contributed by atoms with Crippen molar-refractivity contribution in [1.29, 1.82) is 0 Å². The van der Waals surface area contributed by atoms with Gasteiger partial charge in [0.1, 0.15) is 5.82 Å². The summed E-state index contributed by atoms with van der Waals surface area (Å²) in [5, 5.41) is 6.06. The molecule has 0 saturated heterocycles. The Morgan fingerprint density at radius 2 is 1.77 bits per heavy atom. The third-order valence-corrected chi connectivity index (χ3v) is 5.11. The van der Waals surface area contributed by atoms with Crippen LogP contribution in [0.5, 0.6) is 0 Å². The number of carbonyl (C=O) groups excluding carboxylic acids is 2. The van der Waals surface area contributed by atoms with Crippen molar-refractivity contribution in [3.8, 4) is 0 Å². The number of rotatable bonds is 5. The van der Waals surface area contributed by atoms with Gasteiger partial charge in [-0.25, -0.2) is 4.39 Å². The molecule has 3 aromatic carbocycles. The number of nitrogens with two attached hydrogens (primary N) is 1. The molecule has 0 spiro atoms. The van der Waals surface area contributed by atoms with E-state index in [9.17, 15) is 14.0 Å². The second-order valence-electron chi connectivity index (χ2n) is 7.09. The van der Waals surface area contributed by atoms with E-state index < -0.39 is 5.82 Å². The average Bonchev–Trinajstić information content (AvgIpc) is 3.11. The van der Waals surface area contributed by atoms with Gasteiger partial charge in [-0.2, -0.15) is 0 Å². The maximum Gasteiger partial charge on any atom is 0.258 e. The van der Waals surface area contributed by atoms with Gasteiger partial charge in [-0.3, -0.25) is 9.59 Å². The van der Waals surface area contributed by atoms with E-state index in [1.807, 2.05) is 42.5 Å². The van der Waals surface area contributed by atoms with Gasteiger partial charge in [-0.1, -0.05) is 30.3 Å². The van der Waals surface area contributed by atoms with Crippen LogP contribution in [-0.4, -0.2) is 25.4 Å². The number of carbonyl (C=O) groups is 2. The Balaban J connectivity index is 1.76. The van der Waals surface area contributed by atoms with Crippen molar-refractivity contribution in [2.45, 2.75) is 0 Å². The predicted molar refractivity (Wildman–Crippen MR) is 121 cm³/mol. The summed E-state index contributed by atoms with van der Waals surface area (Å²) in [6.07, 6.45) is 0. The van der Waals surface area contributed by atoms with Crippen LogP contribution in [0.2, 0.25) is 0 Å². The lowest BCUT2D eigenvalue weighted by Crippen LogP contribution is -2.32. The van der Waals surface area contributed by atoms with Crippen LogP contribution in [0, 0.1) is 5.82 Å². The molecule has 4 N–H and O–H groups in total. The molecule has 156 valence electrons. The monoisotopic (exact) mass is 416 g/mol. The van der Waals surface area contributed by atoms with E-state index in [0.29, 0.717) is 28.2 Å².